The number of nitrogens with one attached hydrogen (secondary N) is 2. The molecule has 0 amide bonds. The van der Waals surface area contributed by atoms with Gasteiger partial charge in [0.2, 0.25) is 0 Å². The normalized spacial score (nSPS) is 17.2. The van der Waals surface area contributed by atoms with Crippen LogP contribution >= 0.6 is 24.0 Å². The van der Waals surface area contributed by atoms with Crippen molar-refractivity contribution in [2.75, 3.05) is 33.8 Å². The lowest BCUT2D eigenvalue weighted by Gasteiger charge is -2.25. The van der Waals surface area contributed by atoms with Gasteiger partial charge in [0.1, 0.15) is 12.4 Å². The van der Waals surface area contributed by atoms with E-state index in [0.29, 0.717) is 18.7 Å². The van der Waals surface area contributed by atoms with Crippen LogP contribution in [0.5, 0.6) is 0 Å². The topological polar surface area (TPSA) is 79.6 Å². The number of methoxy groups -OCH3 is 1. The molecule has 2 N–H and O–H groups in total. The molecule has 0 saturated carbocycles. The van der Waals surface area contributed by atoms with Crippen LogP contribution in [0.4, 0.5) is 0 Å². The monoisotopic (exact) mass is 479 g/mol. The summed E-state index contributed by atoms with van der Waals surface area (Å²) in [5, 5.41) is 11.4. The molecule has 0 bridgehead atoms. The van der Waals surface area contributed by atoms with Crippen molar-refractivity contribution in [1.29, 1.82) is 0 Å². The lowest BCUT2D eigenvalue weighted by atomic mass is 10.1. The van der Waals surface area contributed by atoms with Gasteiger partial charge < -0.3 is 20.3 Å². The zero-order valence-electron chi connectivity index (χ0n) is 16.7. The van der Waals surface area contributed by atoms with Crippen molar-refractivity contribution >= 4 is 29.9 Å². The van der Waals surface area contributed by atoms with Crippen LogP contribution in [0.15, 0.2) is 4.99 Å². The van der Waals surface area contributed by atoms with Gasteiger partial charge in [-0.15, -0.1) is 24.0 Å². The number of likely N-dealkylation sites (N-methyl/N-ethyl adjacent to an activating group) is 1. The highest BCUT2D eigenvalue weighted by Crippen LogP contribution is 2.13. The van der Waals surface area contributed by atoms with Crippen molar-refractivity contribution in [1.82, 2.24) is 30.3 Å². The Hall–Kier alpha value is -0.940. The number of ether oxygens (including phenoxy) is 1. The third-order valence-corrected chi connectivity index (χ3v) is 4.46. The molecular formula is C17H34IN7O. The zero-order valence-corrected chi connectivity index (χ0v) is 19.0. The van der Waals surface area contributed by atoms with E-state index in [2.05, 4.69) is 53.4 Å². The summed E-state index contributed by atoms with van der Waals surface area (Å²) in [6.45, 7) is 10.3. The summed E-state index contributed by atoms with van der Waals surface area (Å²) in [5.74, 6) is 2.69. The van der Waals surface area contributed by atoms with Crippen LogP contribution < -0.4 is 10.6 Å². The molecule has 0 fully saturated rings. The number of aromatic nitrogens is 3. The zero-order chi connectivity index (χ0) is 18.2. The maximum absolute atomic E-state index is 5.12. The van der Waals surface area contributed by atoms with E-state index in [-0.39, 0.29) is 24.0 Å². The first-order valence-corrected chi connectivity index (χ1v) is 9.20. The van der Waals surface area contributed by atoms with Crippen LogP contribution in [0.3, 0.4) is 0 Å². The number of hydrogen-bond acceptors (Lipinski definition) is 5. The molecule has 9 heteroatoms. The van der Waals surface area contributed by atoms with Crippen LogP contribution in [0.25, 0.3) is 0 Å². The molecule has 0 aliphatic carbocycles. The Morgan fingerprint density at radius 1 is 1.46 bits per heavy atom. The summed E-state index contributed by atoms with van der Waals surface area (Å²) in [7, 11) is 3.80. The fourth-order valence-electron chi connectivity index (χ4n) is 2.76. The number of halogens is 1. The first kappa shape index (κ1) is 23.1. The second kappa shape index (κ2) is 11.7. The molecule has 2 heterocycles. The Morgan fingerprint density at radius 2 is 2.23 bits per heavy atom. The minimum atomic E-state index is 0. The van der Waals surface area contributed by atoms with Gasteiger partial charge in [0.25, 0.3) is 0 Å². The predicted octanol–water partition coefficient (Wildman–Crippen LogP) is 1.25. The van der Waals surface area contributed by atoms with Crippen molar-refractivity contribution in [3.8, 4) is 0 Å². The molecule has 1 aromatic heterocycles. The fraction of sp³-hybridized carbons (Fsp3) is 0.824. The number of guanidine groups is 1. The van der Waals surface area contributed by atoms with E-state index >= 15 is 0 Å². The van der Waals surface area contributed by atoms with E-state index in [0.717, 1.165) is 56.6 Å². The van der Waals surface area contributed by atoms with Gasteiger partial charge >= 0.3 is 0 Å². The van der Waals surface area contributed by atoms with Crippen molar-refractivity contribution in [2.24, 2.45) is 4.99 Å². The Balaban J connectivity index is 0.00000338. The van der Waals surface area contributed by atoms with Gasteiger partial charge in [-0.2, -0.15) is 5.10 Å². The number of rotatable bonds is 8. The third-order valence-electron chi connectivity index (χ3n) is 4.46. The highest BCUT2D eigenvalue weighted by Gasteiger charge is 2.22. The van der Waals surface area contributed by atoms with Gasteiger partial charge in [-0.05, 0) is 34.2 Å². The van der Waals surface area contributed by atoms with Crippen molar-refractivity contribution < 1.29 is 4.74 Å². The van der Waals surface area contributed by atoms with Gasteiger partial charge in [-0.25, -0.2) is 9.67 Å². The Bertz CT molecular complexity index is 561. The third kappa shape index (κ3) is 6.99. The lowest BCUT2D eigenvalue weighted by molar-refractivity contribution is 0.177. The van der Waals surface area contributed by atoms with Crippen molar-refractivity contribution in [2.45, 2.75) is 58.8 Å². The van der Waals surface area contributed by atoms with E-state index in [1.807, 2.05) is 4.68 Å². The van der Waals surface area contributed by atoms with E-state index in [1.54, 1.807) is 7.11 Å². The van der Waals surface area contributed by atoms with Gasteiger partial charge in [0, 0.05) is 38.7 Å². The number of nitrogens with zero attached hydrogens (tertiary/aromatic N) is 5. The van der Waals surface area contributed by atoms with Crippen LogP contribution in [-0.2, 0) is 24.3 Å². The molecule has 1 atom stereocenters. The molecule has 1 aliphatic rings. The highest BCUT2D eigenvalue weighted by atomic mass is 127. The fourth-order valence-corrected chi connectivity index (χ4v) is 2.76. The maximum Gasteiger partial charge on any atom is 0.191 e. The summed E-state index contributed by atoms with van der Waals surface area (Å²) in [4.78, 5) is 11.5. The summed E-state index contributed by atoms with van der Waals surface area (Å²) in [5.41, 5.74) is 0. The molecule has 150 valence electrons. The summed E-state index contributed by atoms with van der Waals surface area (Å²) >= 11 is 0. The van der Waals surface area contributed by atoms with Gasteiger partial charge in [-0.1, -0.05) is 0 Å². The number of aryl methyl sites for hydroxylation is 1. The second-order valence-electron chi connectivity index (χ2n) is 6.77. The summed E-state index contributed by atoms with van der Waals surface area (Å²) in [6, 6.07) is 0.848. The van der Waals surface area contributed by atoms with Crippen LogP contribution in [0.1, 0.15) is 38.8 Å². The molecular weight excluding hydrogens is 445 g/mol. The first-order valence-electron chi connectivity index (χ1n) is 9.20. The second-order valence-corrected chi connectivity index (χ2v) is 6.77. The molecule has 0 saturated heterocycles. The average molecular weight is 479 g/mol. The smallest absolute Gasteiger partial charge is 0.191 e. The maximum atomic E-state index is 5.12. The van der Waals surface area contributed by atoms with Crippen molar-refractivity contribution in [3.05, 3.63) is 11.6 Å². The largest absolute Gasteiger partial charge is 0.377 e. The average Bonchev–Trinajstić information content (AvgIpc) is 2.96. The minimum Gasteiger partial charge on any atom is -0.377 e. The first-order chi connectivity index (χ1) is 12.0. The highest BCUT2D eigenvalue weighted by molar-refractivity contribution is 14.0. The lowest BCUT2D eigenvalue weighted by Crippen LogP contribution is -2.47. The quantitative estimate of drug-likeness (QED) is 0.332. The Labute approximate surface area is 174 Å². The molecule has 1 aromatic rings. The SMILES string of the molecule is CCNC(=NCCN(C)C(C)C)NC1CCc2nc(COC)nn2C1.I. The molecule has 26 heavy (non-hydrogen) atoms. The van der Waals surface area contributed by atoms with Crippen LogP contribution in [0, 0.1) is 0 Å². The molecule has 8 nitrogen and oxygen atoms in total. The molecule has 2 rings (SSSR count). The molecule has 1 aliphatic heterocycles. The van der Waals surface area contributed by atoms with E-state index in [4.69, 9.17) is 9.73 Å². The summed E-state index contributed by atoms with van der Waals surface area (Å²) < 4.78 is 7.11. The summed E-state index contributed by atoms with van der Waals surface area (Å²) in [6.07, 6.45) is 1.95. The van der Waals surface area contributed by atoms with Gasteiger partial charge in [0.05, 0.1) is 13.1 Å². The Morgan fingerprint density at radius 3 is 2.88 bits per heavy atom. The molecule has 0 radical (unpaired) electrons. The molecule has 0 aromatic carbocycles. The number of aliphatic imine (C=N–C) groups is 1. The number of hydrogen-bond donors (Lipinski definition) is 2. The Kier molecular flexibility index (Phi) is 10.4. The molecule has 1 unspecified atom stereocenters. The van der Waals surface area contributed by atoms with Gasteiger partial charge in [-0.3, -0.25) is 4.99 Å². The van der Waals surface area contributed by atoms with Crippen molar-refractivity contribution in [3.63, 3.8) is 0 Å². The van der Waals surface area contributed by atoms with Crippen LogP contribution in [0.2, 0.25) is 0 Å². The van der Waals surface area contributed by atoms with Crippen LogP contribution in [-0.4, -0.2) is 71.5 Å². The number of fused-ring (bicyclic) bond motifs is 1. The predicted molar refractivity (Wildman–Crippen MR) is 115 cm³/mol. The standard InChI is InChI=1S/C17H33N7O.HI/c1-6-18-17(19-9-10-23(4)13(2)3)20-14-7-8-16-21-15(12-25-5)22-24(16)11-14;/h13-14H,6-12H2,1-5H3,(H2,18,19,20);1H. The van der Waals surface area contributed by atoms with E-state index in [9.17, 15) is 0 Å². The van der Waals surface area contributed by atoms with E-state index in [1.165, 1.54) is 0 Å². The van der Waals surface area contributed by atoms with E-state index < -0.39 is 0 Å². The molecule has 0 spiro atoms. The minimum absolute atomic E-state index is 0. The van der Waals surface area contributed by atoms with Gasteiger partial charge in [0.15, 0.2) is 11.8 Å².